The molecule has 0 N–H and O–H groups in total. The molecule has 0 bridgehead atoms. The standard InChI is InChI=1S/C24H23N5O2/c1-15-10-11-19(16(2)12-15)29-17(3)13-27-20-21(25-23(27)29)26(4)24(31)28(22(20)30)14-18-8-6-5-7-9-18/h5-13H,14H2,1-4H3. The van der Waals surface area contributed by atoms with E-state index in [2.05, 4.69) is 32.0 Å². The van der Waals surface area contributed by atoms with E-state index in [0.29, 0.717) is 16.9 Å². The van der Waals surface area contributed by atoms with E-state index in [1.165, 1.54) is 14.7 Å². The van der Waals surface area contributed by atoms with Gasteiger partial charge in [0.25, 0.3) is 5.56 Å². The SMILES string of the molecule is Cc1ccc(-n2c(C)cn3c4c(=O)n(Cc5ccccc5)c(=O)n(C)c4nc23)c(C)c1. The minimum atomic E-state index is -0.378. The van der Waals surface area contributed by atoms with Gasteiger partial charge in [0.05, 0.1) is 12.2 Å². The van der Waals surface area contributed by atoms with E-state index in [1.54, 1.807) is 11.4 Å². The Morgan fingerprint density at radius 2 is 1.71 bits per heavy atom. The van der Waals surface area contributed by atoms with Crippen molar-refractivity contribution in [3.63, 3.8) is 0 Å². The van der Waals surface area contributed by atoms with Crippen LogP contribution >= 0.6 is 0 Å². The summed E-state index contributed by atoms with van der Waals surface area (Å²) in [6, 6.07) is 15.8. The second-order valence-corrected chi connectivity index (χ2v) is 8.07. The largest absolute Gasteiger partial charge is 0.332 e. The second-order valence-electron chi connectivity index (χ2n) is 8.07. The molecule has 5 rings (SSSR count). The second kappa shape index (κ2) is 6.84. The van der Waals surface area contributed by atoms with Crippen molar-refractivity contribution < 1.29 is 0 Å². The number of hydrogen-bond donors (Lipinski definition) is 0. The Kier molecular flexibility index (Phi) is 4.22. The average molecular weight is 413 g/mol. The lowest BCUT2D eigenvalue weighted by Gasteiger charge is -2.10. The van der Waals surface area contributed by atoms with E-state index < -0.39 is 0 Å². The van der Waals surface area contributed by atoms with E-state index in [-0.39, 0.29) is 17.8 Å². The fourth-order valence-corrected chi connectivity index (χ4v) is 4.27. The maximum atomic E-state index is 13.4. The molecular formula is C24H23N5O2. The molecule has 0 saturated heterocycles. The molecule has 31 heavy (non-hydrogen) atoms. The lowest BCUT2D eigenvalue weighted by Crippen LogP contribution is -2.39. The van der Waals surface area contributed by atoms with Crippen molar-refractivity contribution in [2.75, 3.05) is 0 Å². The summed E-state index contributed by atoms with van der Waals surface area (Å²) in [6.07, 6.45) is 1.91. The number of hydrogen-bond acceptors (Lipinski definition) is 3. The first-order valence-corrected chi connectivity index (χ1v) is 10.2. The van der Waals surface area contributed by atoms with Gasteiger partial charge in [0.1, 0.15) is 0 Å². The van der Waals surface area contributed by atoms with Gasteiger partial charge in [-0.1, -0.05) is 48.0 Å². The summed E-state index contributed by atoms with van der Waals surface area (Å²) in [4.78, 5) is 31.1. The summed E-state index contributed by atoms with van der Waals surface area (Å²) < 4.78 is 6.55. The molecule has 0 saturated carbocycles. The number of imidazole rings is 2. The first kappa shape index (κ1) is 19.1. The van der Waals surface area contributed by atoms with Gasteiger partial charge in [0.2, 0.25) is 5.78 Å². The molecule has 0 spiro atoms. The van der Waals surface area contributed by atoms with Crippen molar-refractivity contribution in [2.45, 2.75) is 27.3 Å². The summed E-state index contributed by atoms with van der Waals surface area (Å²) >= 11 is 0. The Balaban J connectivity index is 1.82. The lowest BCUT2D eigenvalue weighted by atomic mass is 10.1. The smallest absolute Gasteiger partial charge is 0.283 e. The molecule has 0 unspecified atom stereocenters. The Hall–Kier alpha value is -3.87. The Bertz CT molecular complexity index is 1580. The van der Waals surface area contributed by atoms with Crippen molar-refractivity contribution >= 4 is 16.9 Å². The predicted octanol–water partition coefficient (Wildman–Crippen LogP) is 3.11. The van der Waals surface area contributed by atoms with Crippen LogP contribution in [-0.4, -0.2) is 23.1 Å². The highest BCUT2D eigenvalue weighted by atomic mass is 16.2. The van der Waals surface area contributed by atoms with Crippen LogP contribution in [-0.2, 0) is 13.6 Å². The normalized spacial score (nSPS) is 11.6. The molecule has 3 aromatic heterocycles. The van der Waals surface area contributed by atoms with Crippen molar-refractivity contribution in [1.29, 1.82) is 0 Å². The summed E-state index contributed by atoms with van der Waals surface area (Å²) in [5.74, 6) is 0.615. The molecule has 0 aliphatic rings. The van der Waals surface area contributed by atoms with Crippen molar-refractivity contribution in [3.05, 3.63) is 98.0 Å². The Labute approximate surface area is 178 Å². The lowest BCUT2D eigenvalue weighted by molar-refractivity contribution is 0.656. The van der Waals surface area contributed by atoms with E-state index in [1.807, 2.05) is 48.0 Å². The minimum Gasteiger partial charge on any atom is -0.283 e. The third-order valence-corrected chi connectivity index (χ3v) is 5.80. The number of fused-ring (bicyclic) bond motifs is 3. The van der Waals surface area contributed by atoms with Crippen LogP contribution in [0, 0.1) is 20.8 Å². The van der Waals surface area contributed by atoms with Crippen LogP contribution in [0.25, 0.3) is 22.6 Å². The topological polar surface area (TPSA) is 66.2 Å². The molecule has 5 aromatic rings. The summed E-state index contributed by atoms with van der Waals surface area (Å²) in [7, 11) is 1.66. The van der Waals surface area contributed by atoms with E-state index in [9.17, 15) is 9.59 Å². The van der Waals surface area contributed by atoms with Crippen LogP contribution in [0.2, 0.25) is 0 Å². The van der Waals surface area contributed by atoms with Gasteiger partial charge in [-0.15, -0.1) is 0 Å². The van der Waals surface area contributed by atoms with Gasteiger partial charge in [0.15, 0.2) is 11.2 Å². The number of benzene rings is 2. The summed E-state index contributed by atoms with van der Waals surface area (Å²) in [5, 5.41) is 0. The fraction of sp³-hybridized carbons (Fsp3) is 0.208. The summed E-state index contributed by atoms with van der Waals surface area (Å²) in [6.45, 7) is 6.32. The van der Waals surface area contributed by atoms with Gasteiger partial charge >= 0.3 is 5.69 Å². The predicted molar refractivity (Wildman–Crippen MR) is 121 cm³/mol. The molecule has 7 heteroatoms. The molecule has 3 heterocycles. The Morgan fingerprint density at radius 3 is 2.42 bits per heavy atom. The molecule has 0 aliphatic heterocycles. The molecular weight excluding hydrogens is 390 g/mol. The monoisotopic (exact) mass is 413 g/mol. The average Bonchev–Trinajstić information content (AvgIpc) is 3.26. The maximum absolute atomic E-state index is 13.4. The van der Waals surface area contributed by atoms with Gasteiger partial charge in [-0.3, -0.25) is 22.9 Å². The summed E-state index contributed by atoms with van der Waals surface area (Å²) in [5.41, 5.74) is 5.22. The first-order valence-electron chi connectivity index (χ1n) is 10.2. The van der Waals surface area contributed by atoms with Crippen molar-refractivity contribution in [2.24, 2.45) is 7.05 Å². The highest BCUT2D eigenvalue weighted by molar-refractivity contribution is 5.76. The quantitative estimate of drug-likeness (QED) is 0.457. The van der Waals surface area contributed by atoms with Gasteiger partial charge in [0, 0.05) is 18.9 Å². The van der Waals surface area contributed by atoms with Gasteiger partial charge in [-0.05, 0) is 38.0 Å². The van der Waals surface area contributed by atoms with Crippen molar-refractivity contribution in [3.8, 4) is 5.69 Å². The highest BCUT2D eigenvalue weighted by Crippen LogP contribution is 2.23. The van der Waals surface area contributed by atoms with E-state index in [0.717, 1.165) is 22.5 Å². The molecule has 0 fully saturated rings. The van der Waals surface area contributed by atoms with Crippen LogP contribution < -0.4 is 11.2 Å². The minimum absolute atomic E-state index is 0.215. The molecule has 0 aliphatic carbocycles. The van der Waals surface area contributed by atoms with Gasteiger partial charge in [-0.2, -0.15) is 4.98 Å². The zero-order valence-electron chi connectivity index (χ0n) is 18.0. The Morgan fingerprint density at radius 1 is 0.968 bits per heavy atom. The first-order chi connectivity index (χ1) is 14.9. The molecule has 156 valence electrons. The zero-order chi connectivity index (χ0) is 21.9. The van der Waals surface area contributed by atoms with E-state index in [4.69, 9.17) is 4.98 Å². The molecule has 0 atom stereocenters. The van der Waals surface area contributed by atoms with Crippen LogP contribution in [0.5, 0.6) is 0 Å². The number of rotatable bonds is 3. The molecule has 0 amide bonds. The third-order valence-electron chi connectivity index (χ3n) is 5.80. The van der Waals surface area contributed by atoms with Crippen LogP contribution in [0.4, 0.5) is 0 Å². The van der Waals surface area contributed by atoms with Gasteiger partial charge < -0.3 is 0 Å². The van der Waals surface area contributed by atoms with E-state index >= 15 is 0 Å². The van der Waals surface area contributed by atoms with Crippen molar-refractivity contribution in [1.82, 2.24) is 23.1 Å². The molecule has 0 radical (unpaired) electrons. The number of nitrogens with zero attached hydrogens (tertiary/aromatic N) is 5. The number of aryl methyl sites for hydroxylation is 4. The van der Waals surface area contributed by atoms with Crippen LogP contribution in [0.3, 0.4) is 0 Å². The van der Waals surface area contributed by atoms with Crippen LogP contribution in [0.15, 0.2) is 64.3 Å². The third kappa shape index (κ3) is 2.84. The maximum Gasteiger partial charge on any atom is 0.332 e. The van der Waals surface area contributed by atoms with Gasteiger partial charge in [-0.25, -0.2) is 4.79 Å². The zero-order valence-corrected chi connectivity index (χ0v) is 18.0. The number of aromatic nitrogens is 5. The highest BCUT2D eigenvalue weighted by Gasteiger charge is 2.21. The molecule has 7 nitrogen and oxygen atoms in total. The van der Waals surface area contributed by atoms with Crippen LogP contribution in [0.1, 0.15) is 22.4 Å². The molecule has 2 aromatic carbocycles. The fourth-order valence-electron chi connectivity index (χ4n) is 4.27.